The standard InChI is InChI=1S/C52H61N9O8S/c1-32(2)40-7-3-4-8-41(40)43-9-5-16-59(43)37-26-52(27-37)13-18-57(19-14-52)35-10-11-42(44(23-35)60-17-6-20-67-51-46(60)21-33-12-15-53-49(33)55-51)50(62)56-70(65,66)39-24-45(61(63)64)48-47(25-39)69-30-34(54-48)28-58-29-38-22-36(58)31-68-38/h3-4,7-8,10-12,15,21,23-25,32,34,36-38,43,54H,5-6,9,13-14,16-20,22,26-31H2,1-2H3,(H,53,55)(H,56,62)/t34-,36+,38+,43-/m0/s1. The van der Waals surface area contributed by atoms with Gasteiger partial charge in [-0.15, -0.1) is 0 Å². The number of benzene rings is 3. The highest BCUT2D eigenvalue weighted by Crippen LogP contribution is 2.54. The van der Waals surface area contributed by atoms with Crippen LogP contribution >= 0.6 is 0 Å². The van der Waals surface area contributed by atoms with E-state index < -0.39 is 31.4 Å². The summed E-state index contributed by atoms with van der Waals surface area (Å²) in [4.78, 5) is 43.4. The lowest BCUT2D eigenvalue weighted by atomic mass is 9.59. The van der Waals surface area contributed by atoms with Crippen molar-refractivity contribution >= 4 is 55.4 Å². The van der Waals surface area contributed by atoms with E-state index in [1.807, 2.05) is 35.4 Å². The lowest BCUT2D eigenvalue weighted by Gasteiger charge is -2.56. The molecule has 0 radical (unpaired) electrons. The zero-order valence-corrected chi connectivity index (χ0v) is 40.6. The number of aromatic nitrogens is 2. The number of carbonyl (C=O) groups excluding carboxylic acids is 1. The van der Waals surface area contributed by atoms with E-state index in [0.717, 1.165) is 62.6 Å². The maximum atomic E-state index is 14.6. The molecule has 2 bridgehead atoms. The number of nitro groups is 1. The number of nitrogens with zero attached hydrogens (tertiary/aromatic N) is 6. The molecule has 5 fully saturated rings. The zero-order chi connectivity index (χ0) is 47.9. The van der Waals surface area contributed by atoms with Crippen LogP contribution in [0.4, 0.5) is 28.4 Å². The monoisotopic (exact) mass is 971 g/mol. The summed E-state index contributed by atoms with van der Waals surface area (Å²) in [6.45, 7) is 10.6. The van der Waals surface area contributed by atoms with Crippen molar-refractivity contribution in [3.63, 3.8) is 0 Å². The van der Waals surface area contributed by atoms with Crippen molar-refractivity contribution in [3.8, 4) is 11.6 Å². The number of piperidine rings is 1. The molecule has 70 heavy (non-hydrogen) atoms. The van der Waals surface area contributed by atoms with Crippen molar-refractivity contribution in [1.29, 1.82) is 0 Å². The molecule has 12 rings (SSSR count). The second kappa shape index (κ2) is 17.7. The quantitative estimate of drug-likeness (QED) is 0.0857. The SMILES string of the molecule is CC(C)c1ccccc1[C@@H]1CCCN1C1CC2(CCN(c3ccc(C(=O)NS(=O)(=O)c4cc5c(c([N+](=O)[O-])c4)N[C@@H](CN4C[C@H]6C[C@@H]4CO6)CO5)c(N4CCCOc5nc6[nH]ccc6cc54)c3)CC2)C1. The molecule has 1 aliphatic carbocycles. The fourth-order valence-corrected chi connectivity index (χ4v) is 13.8. The Morgan fingerprint density at radius 2 is 1.81 bits per heavy atom. The number of sulfonamides is 1. The Bertz CT molecular complexity index is 2970. The molecule has 3 aromatic carbocycles. The Hall–Kier alpha value is -5.95. The molecular formula is C52H61N9O8S. The molecule has 4 saturated heterocycles. The largest absolute Gasteiger partial charge is 0.489 e. The van der Waals surface area contributed by atoms with Gasteiger partial charge in [0.05, 0.1) is 46.4 Å². The molecule has 1 saturated carbocycles. The molecule has 3 N–H and O–H groups in total. The first kappa shape index (κ1) is 45.2. The molecule has 6 aliphatic heterocycles. The minimum atomic E-state index is -4.66. The van der Waals surface area contributed by atoms with Gasteiger partial charge in [-0.05, 0) is 111 Å². The van der Waals surface area contributed by atoms with Crippen molar-refractivity contribution in [2.24, 2.45) is 5.41 Å². The summed E-state index contributed by atoms with van der Waals surface area (Å²) in [7, 11) is -4.66. The van der Waals surface area contributed by atoms with Gasteiger partial charge in [0, 0.05) is 80.3 Å². The third-order valence-electron chi connectivity index (χ3n) is 16.4. The van der Waals surface area contributed by atoms with Crippen molar-refractivity contribution in [2.75, 3.05) is 74.2 Å². The fourth-order valence-electron chi connectivity index (χ4n) is 12.8. The van der Waals surface area contributed by atoms with Gasteiger partial charge in [0.25, 0.3) is 21.6 Å². The molecule has 5 aromatic rings. The number of hydrogen-bond acceptors (Lipinski definition) is 14. The predicted molar refractivity (Wildman–Crippen MR) is 266 cm³/mol. The van der Waals surface area contributed by atoms with Gasteiger partial charge in [-0.1, -0.05) is 38.1 Å². The molecule has 2 aromatic heterocycles. The van der Waals surface area contributed by atoms with Gasteiger partial charge in [0.1, 0.15) is 17.9 Å². The van der Waals surface area contributed by atoms with E-state index in [-0.39, 0.29) is 35.8 Å². The van der Waals surface area contributed by atoms with E-state index >= 15 is 0 Å². The molecule has 0 unspecified atom stereocenters. The normalized spacial score (nSPS) is 24.4. The number of morpholine rings is 1. The Labute approximate surface area is 408 Å². The van der Waals surface area contributed by atoms with E-state index in [9.17, 15) is 23.3 Å². The molecule has 7 aliphatic rings. The van der Waals surface area contributed by atoms with Gasteiger partial charge in [0.15, 0.2) is 11.4 Å². The summed E-state index contributed by atoms with van der Waals surface area (Å²) in [6, 6.07) is 21.9. The summed E-state index contributed by atoms with van der Waals surface area (Å²) < 4.78 is 48.7. The minimum absolute atomic E-state index is 0.0349. The van der Waals surface area contributed by atoms with Crippen molar-refractivity contribution < 1.29 is 32.3 Å². The number of rotatable bonds is 11. The number of likely N-dealkylation sites (tertiary alicyclic amines) is 2. The number of fused-ring (bicyclic) bond motifs is 5. The molecule has 4 atom stereocenters. The highest BCUT2D eigenvalue weighted by Gasteiger charge is 2.50. The summed E-state index contributed by atoms with van der Waals surface area (Å²) >= 11 is 0. The first-order valence-electron chi connectivity index (χ1n) is 25.2. The number of nitro benzene ring substituents is 1. The molecule has 17 nitrogen and oxygen atoms in total. The summed E-state index contributed by atoms with van der Waals surface area (Å²) in [5.74, 6) is 0.0594. The molecule has 8 heterocycles. The minimum Gasteiger partial charge on any atom is -0.489 e. The van der Waals surface area contributed by atoms with Crippen LogP contribution in [-0.4, -0.2) is 122 Å². The van der Waals surface area contributed by atoms with E-state index in [2.05, 4.69) is 67.8 Å². The van der Waals surface area contributed by atoms with Gasteiger partial charge in [-0.2, -0.15) is 4.98 Å². The first-order chi connectivity index (χ1) is 33.9. The van der Waals surface area contributed by atoms with Crippen LogP contribution in [0.2, 0.25) is 0 Å². The van der Waals surface area contributed by atoms with Crippen LogP contribution in [0.1, 0.15) is 98.7 Å². The Morgan fingerprint density at radius 1 is 0.971 bits per heavy atom. The highest BCUT2D eigenvalue weighted by atomic mass is 32.2. The van der Waals surface area contributed by atoms with E-state index in [0.29, 0.717) is 85.1 Å². The lowest BCUT2D eigenvalue weighted by Crippen LogP contribution is -2.55. The fraction of sp³-hybridized carbons (Fsp3) is 0.500. The summed E-state index contributed by atoms with van der Waals surface area (Å²) in [5.41, 5.74) is 5.82. The van der Waals surface area contributed by atoms with Crippen LogP contribution < -0.4 is 29.3 Å². The summed E-state index contributed by atoms with van der Waals surface area (Å²) in [5, 5.41) is 16.6. The second-order valence-electron chi connectivity index (χ2n) is 21.0. The number of pyridine rings is 1. The van der Waals surface area contributed by atoms with Crippen molar-refractivity contribution in [1.82, 2.24) is 24.5 Å². The Kier molecular flexibility index (Phi) is 11.4. The van der Waals surface area contributed by atoms with Gasteiger partial charge in [0.2, 0.25) is 5.88 Å². The average molecular weight is 972 g/mol. The van der Waals surface area contributed by atoms with E-state index in [1.165, 1.54) is 42.9 Å². The average Bonchev–Trinajstić information content (AvgIpc) is 4.17. The smallest absolute Gasteiger partial charge is 0.297 e. The van der Waals surface area contributed by atoms with Crippen LogP contribution in [-0.2, 0) is 14.8 Å². The lowest BCUT2D eigenvalue weighted by molar-refractivity contribution is -0.384. The third kappa shape index (κ3) is 8.19. The number of ether oxygens (including phenoxy) is 3. The van der Waals surface area contributed by atoms with Gasteiger partial charge >= 0.3 is 0 Å². The number of amides is 1. The van der Waals surface area contributed by atoms with E-state index in [1.54, 1.807) is 6.07 Å². The van der Waals surface area contributed by atoms with Gasteiger partial charge < -0.3 is 34.3 Å². The Morgan fingerprint density at radius 3 is 2.60 bits per heavy atom. The zero-order valence-electron chi connectivity index (χ0n) is 39.8. The van der Waals surface area contributed by atoms with Crippen molar-refractivity contribution in [2.45, 2.75) is 106 Å². The third-order valence-corrected chi connectivity index (χ3v) is 17.7. The number of H-pyrrole nitrogens is 1. The predicted octanol–water partition coefficient (Wildman–Crippen LogP) is 7.87. The molecule has 18 heteroatoms. The van der Waals surface area contributed by atoms with E-state index in [4.69, 9.17) is 19.2 Å². The summed E-state index contributed by atoms with van der Waals surface area (Å²) in [6.07, 6.45) is 10.6. The molecule has 368 valence electrons. The molecule has 1 spiro atoms. The molecule has 1 amide bonds. The number of anilines is 4. The van der Waals surface area contributed by atoms with Crippen molar-refractivity contribution in [3.05, 3.63) is 99.7 Å². The molecular weight excluding hydrogens is 911 g/mol. The highest BCUT2D eigenvalue weighted by molar-refractivity contribution is 7.90. The first-order valence-corrected chi connectivity index (χ1v) is 26.6. The maximum Gasteiger partial charge on any atom is 0.297 e. The van der Waals surface area contributed by atoms with Crippen LogP contribution in [0.25, 0.3) is 11.0 Å². The Balaban J connectivity index is 0.798. The second-order valence-corrected chi connectivity index (χ2v) is 22.7. The number of aromatic amines is 1. The van der Waals surface area contributed by atoms with Gasteiger partial charge in [-0.25, -0.2) is 13.1 Å². The number of hydrogen-bond donors (Lipinski definition) is 3. The van der Waals surface area contributed by atoms with Gasteiger partial charge in [-0.3, -0.25) is 24.7 Å². The van der Waals surface area contributed by atoms with Crippen LogP contribution in [0, 0.1) is 15.5 Å². The number of nitrogens with one attached hydrogen (secondary N) is 3. The number of carbonyl (C=O) groups is 1. The van der Waals surface area contributed by atoms with Crippen LogP contribution in [0.15, 0.2) is 77.8 Å². The van der Waals surface area contributed by atoms with Crippen LogP contribution in [0.3, 0.4) is 0 Å². The van der Waals surface area contributed by atoms with Crippen LogP contribution in [0.5, 0.6) is 11.6 Å². The topological polar surface area (TPSA) is 188 Å². The maximum absolute atomic E-state index is 14.6.